The molecule has 0 rings (SSSR count). The normalized spacial score (nSPS) is 11.6. The van der Waals surface area contributed by atoms with Crippen molar-refractivity contribution in [3.05, 3.63) is 0 Å². The van der Waals surface area contributed by atoms with Crippen molar-refractivity contribution in [1.29, 1.82) is 0 Å². The van der Waals surface area contributed by atoms with Gasteiger partial charge in [-0.05, 0) is 12.8 Å². The van der Waals surface area contributed by atoms with E-state index in [0.717, 1.165) is 0 Å². The third kappa shape index (κ3) is 4.81. The van der Waals surface area contributed by atoms with Gasteiger partial charge in [-0.15, -0.1) is 0 Å². The average Bonchev–Trinajstić information content (AvgIpc) is 2.30. The van der Waals surface area contributed by atoms with Gasteiger partial charge in [0.2, 0.25) is 5.91 Å². The number of alkyl halides is 2. The number of halogens is 2. The van der Waals surface area contributed by atoms with Gasteiger partial charge in [0.1, 0.15) is 6.61 Å². The molecule has 1 amide bonds. The van der Waals surface area contributed by atoms with Gasteiger partial charge in [0.05, 0.1) is 17.0 Å². The quantitative estimate of drug-likeness (QED) is 0.496. The van der Waals surface area contributed by atoms with Gasteiger partial charge in [-0.25, -0.2) is 8.78 Å². The van der Waals surface area contributed by atoms with Crippen LogP contribution in [0.4, 0.5) is 8.78 Å². The lowest BCUT2D eigenvalue weighted by molar-refractivity contribution is -0.128. The third-order valence-electron chi connectivity index (χ3n) is 2.89. The van der Waals surface area contributed by atoms with E-state index in [9.17, 15) is 13.6 Å². The van der Waals surface area contributed by atoms with E-state index in [1.165, 1.54) is 0 Å². The molecule has 18 heavy (non-hydrogen) atoms. The molecule has 0 unspecified atom stereocenters. The van der Waals surface area contributed by atoms with Crippen molar-refractivity contribution in [1.82, 2.24) is 5.32 Å². The minimum Gasteiger partial charge on any atom is -0.392 e. The summed E-state index contributed by atoms with van der Waals surface area (Å²) in [5, 5.41) is 2.60. The second kappa shape index (κ2) is 8.31. The standard InChI is InChI=1S/C11H20F2N2O2S/c1-3-11(4-2,9(14)18)10(16)15-5-6-17-7-8(12)13/h8H,3-7H2,1-2H3,(H2,14,18)(H,15,16). The molecule has 106 valence electrons. The number of ether oxygens (including phenoxy) is 1. The number of carbonyl (C=O) groups excluding carboxylic acids is 1. The number of amides is 1. The Hall–Kier alpha value is -0.820. The van der Waals surface area contributed by atoms with E-state index in [1.54, 1.807) is 0 Å². The first-order chi connectivity index (χ1) is 8.40. The molecule has 0 aliphatic carbocycles. The molecule has 0 aliphatic rings. The molecule has 0 heterocycles. The van der Waals surface area contributed by atoms with E-state index >= 15 is 0 Å². The monoisotopic (exact) mass is 282 g/mol. The second-order valence-corrected chi connectivity index (χ2v) is 4.32. The zero-order chi connectivity index (χ0) is 14.2. The molecule has 0 radical (unpaired) electrons. The summed E-state index contributed by atoms with van der Waals surface area (Å²) in [5.74, 6) is -0.277. The molecule has 0 aromatic rings. The Morgan fingerprint density at radius 3 is 2.39 bits per heavy atom. The summed E-state index contributed by atoms with van der Waals surface area (Å²) in [6.07, 6.45) is -1.49. The molecule has 0 saturated carbocycles. The van der Waals surface area contributed by atoms with Gasteiger partial charge in [0, 0.05) is 6.54 Å². The van der Waals surface area contributed by atoms with Gasteiger partial charge in [-0.3, -0.25) is 4.79 Å². The van der Waals surface area contributed by atoms with Crippen molar-refractivity contribution in [2.75, 3.05) is 19.8 Å². The lowest BCUT2D eigenvalue weighted by Crippen LogP contribution is -2.49. The fourth-order valence-corrected chi connectivity index (χ4v) is 1.99. The first-order valence-electron chi connectivity index (χ1n) is 5.84. The van der Waals surface area contributed by atoms with Crippen molar-refractivity contribution in [2.45, 2.75) is 33.1 Å². The molecule has 4 nitrogen and oxygen atoms in total. The molecule has 7 heteroatoms. The second-order valence-electron chi connectivity index (χ2n) is 3.88. The van der Waals surface area contributed by atoms with Crippen LogP contribution in [0.15, 0.2) is 0 Å². The van der Waals surface area contributed by atoms with Gasteiger partial charge in [0.25, 0.3) is 6.43 Å². The Morgan fingerprint density at radius 2 is 2.00 bits per heavy atom. The molecular formula is C11H20F2N2O2S. The van der Waals surface area contributed by atoms with E-state index in [1.807, 2.05) is 13.8 Å². The van der Waals surface area contributed by atoms with Crippen LogP contribution >= 0.6 is 12.2 Å². The molecular weight excluding hydrogens is 262 g/mol. The maximum Gasteiger partial charge on any atom is 0.261 e. The summed E-state index contributed by atoms with van der Waals surface area (Å²) >= 11 is 4.93. The van der Waals surface area contributed by atoms with Gasteiger partial charge < -0.3 is 15.8 Å². The molecule has 0 atom stereocenters. The van der Waals surface area contributed by atoms with E-state index in [0.29, 0.717) is 12.8 Å². The van der Waals surface area contributed by atoms with Gasteiger partial charge in [-0.2, -0.15) is 0 Å². The smallest absolute Gasteiger partial charge is 0.261 e. The van der Waals surface area contributed by atoms with Crippen LogP contribution < -0.4 is 11.1 Å². The minimum absolute atomic E-state index is 0.0386. The van der Waals surface area contributed by atoms with Crippen LogP contribution in [0.5, 0.6) is 0 Å². The average molecular weight is 282 g/mol. The van der Waals surface area contributed by atoms with Crippen LogP contribution in [-0.4, -0.2) is 37.1 Å². The van der Waals surface area contributed by atoms with E-state index in [-0.39, 0.29) is 24.0 Å². The fourth-order valence-electron chi connectivity index (χ4n) is 1.61. The lowest BCUT2D eigenvalue weighted by Gasteiger charge is -2.28. The van der Waals surface area contributed by atoms with Crippen molar-refractivity contribution in [3.63, 3.8) is 0 Å². The highest BCUT2D eigenvalue weighted by Crippen LogP contribution is 2.26. The number of hydrogen-bond donors (Lipinski definition) is 2. The van der Waals surface area contributed by atoms with E-state index < -0.39 is 18.4 Å². The summed E-state index contributed by atoms with van der Waals surface area (Å²) in [7, 11) is 0. The van der Waals surface area contributed by atoms with E-state index in [4.69, 9.17) is 18.0 Å². The van der Waals surface area contributed by atoms with Gasteiger partial charge >= 0.3 is 0 Å². The molecule has 0 aromatic heterocycles. The predicted octanol–water partition coefficient (Wildman–Crippen LogP) is 1.48. The summed E-state index contributed by atoms with van der Waals surface area (Å²) < 4.78 is 28.2. The first-order valence-corrected chi connectivity index (χ1v) is 6.25. The molecule has 3 N–H and O–H groups in total. The number of nitrogens with two attached hydrogens (primary N) is 1. The number of rotatable bonds is 9. The zero-order valence-corrected chi connectivity index (χ0v) is 11.5. The molecule has 0 saturated heterocycles. The number of thiocarbonyl (C=S) groups is 1. The Balaban J connectivity index is 4.17. The molecule has 0 spiro atoms. The third-order valence-corrected chi connectivity index (χ3v) is 3.28. The summed E-state index contributed by atoms with van der Waals surface area (Å²) in [6.45, 7) is 3.23. The summed E-state index contributed by atoms with van der Waals surface area (Å²) in [6, 6.07) is 0. The van der Waals surface area contributed by atoms with Gasteiger partial charge in [-0.1, -0.05) is 26.1 Å². The lowest BCUT2D eigenvalue weighted by atomic mass is 9.81. The maximum absolute atomic E-state index is 12.0. The molecule has 0 aliphatic heterocycles. The van der Waals surface area contributed by atoms with Crippen LogP contribution in [0.1, 0.15) is 26.7 Å². The van der Waals surface area contributed by atoms with Crippen molar-refractivity contribution < 1.29 is 18.3 Å². The Labute approximate surface area is 111 Å². The van der Waals surface area contributed by atoms with Crippen molar-refractivity contribution >= 4 is 23.1 Å². The zero-order valence-electron chi connectivity index (χ0n) is 10.7. The van der Waals surface area contributed by atoms with Crippen LogP contribution in [0.25, 0.3) is 0 Å². The summed E-state index contributed by atoms with van der Waals surface area (Å²) in [4.78, 5) is 12.1. The van der Waals surface area contributed by atoms with E-state index in [2.05, 4.69) is 10.1 Å². The highest BCUT2D eigenvalue weighted by Gasteiger charge is 2.37. The van der Waals surface area contributed by atoms with Crippen LogP contribution in [0.3, 0.4) is 0 Å². The maximum atomic E-state index is 12.0. The highest BCUT2D eigenvalue weighted by molar-refractivity contribution is 7.80. The number of hydrogen-bond acceptors (Lipinski definition) is 3. The fraction of sp³-hybridized carbons (Fsp3) is 0.818. The highest BCUT2D eigenvalue weighted by atomic mass is 32.1. The topological polar surface area (TPSA) is 64.3 Å². The minimum atomic E-state index is -2.50. The predicted molar refractivity (Wildman–Crippen MR) is 69.6 cm³/mol. The Morgan fingerprint density at radius 1 is 1.44 bits per heavy atom. The molecule has 0 aromatic carbocycles. The summed E-state index contributed by atoms with van der Waals surface area (Å²) in [5.41, 5.74) is 4.74. The largest absolute Gasteiger partial charge is 0.392 e. The number of carbonyl (C=O) groups is 1. The van der Waals surface area contributed by atoms with Crippen molar-refractivity contribution in [2.24, 2.45) is 11.1 Å². The van der Waals surface area contributed by atoms with Gasteiger partial charge in [0.15, 0.2) is 0 Å². The van der Waals surface area contributed by atoms with Crippen LogP contribution in [-0.2, 0) is 9.53 Å². The molecule has 0 fully saturated rings. The first kappa shape index (κ1) is 17.2. The Bertz CT molecular complexity index is 284. The molecule has 0 bridgehead atoms. The number of nitrogens with one attached hydrogen (secondary N) is 1. The van der Waals surface area contributed by atoms with Crippen LogP contribution in [0, 0.1) is 5.41 Å². The van der Waals surface area contributed by atoms with Crippen LogP contribution in [0.2, 0.25) is 0 Å². The Kier molecular flexibility index (Phi) is 7.93. The van der Waals surface area contributed by atoms with Crippen molar-refractivity contribution in [3.8, 4) is 0 Å². The SMILES string of the molecule is CCC(CC)(C(=O)NCCOCC(F)F)C(N)=S.